The Labute approximate surface area is 177 Å². The molecule has 0 radical (unpaired) electrons. The monoisotopic (exact) mass is 431 g/mol. The summed E-state index contributed by atoms with van der Waals surface area (Å²) in [5, 5.41) is 9.27. The molecule has 142 valence electrons. The molecule has 4 rings (SSSR count). The van der Waals surface area contributed by atoms with E-state index in [0.717, 1.165) is 34.5 Å². The Bertz CT molecular complexity index is 1070. The Balaban J connectivity index is 1.54. The van der Waals surface area contributed by atoms with Crippen LogP contribution in [0.15, 0.2) is 48.5 Å². The number of carbonyl (C=O) groups is 1. The predicted octanol–water partition coefficient (Wildman–Crippen LogP) is 5.64. The molecule has 2 heterocycles. The van der Waals surface area contributed by atoms with Crippen molar-refractivity contribution in [3.63, 3.8) is 0 Å². The molecule has 0 fully saturated rings. The summed E-state index contributed by atoms with van der Waals surface area (Å²) < 4.78 is 0. The Morgan fingerprint density at radius 2 is 1.93 bits per heavy atom. The van der Waals surface area contributed by atoms with Crippen molar-refractivity contribution >= 4 is 46.8 Å². The molecule has 0 saturated carbocycles. The largest absolute Gasteiger partial charge is 0.334 e. The lowest BCUT2D eigenvalue weighted by molar-refractivity contribution is -0.126. The van der Waals surface area contributed by atoms with Gasteiger partial charge in [-0.15, -0.1) is 0 Å². The van der Waals surface area contributed by atoms with Crippen LogP contribution in [-0.4, -0.2) is 27.5 Å². The molecular formula is C21H16Cl3N3O. The SMILES string of the molecule is O=C(/C=C/c1ccc(Cl)cc1Cl)N1CCc2[nH]nc(-c3cccc(Cl)c3)c2C1. The number of halogens is 3. The number of fused-ring (bicyclic) bond motifs is 1. The molecule has 1 aliphatic rings. The van der Waals surface area contributed by atoms with E-state index in [2.05, 4.69) is 10.2 Å². The molecule has 28 heavy (non-hydrogen) atoms. The third kappa shape index (κ3) is 3.95. The van der Waals surface area contributed by atoms with Crippen LogP contribution in [0, 0.1) is 0 Å². The van der Waals surface area contributed by atoms with E-state index in [0.29, 0.717) is 28.2 Å². The van der Waals surface area contributed by atoms with E-state index in [4.69, 9.17) is 34.8 Å². The molecule has 0 bridgehead atoms. The molecule has 1 aromatic heterocycles. The summed E-state index contributed by atoms with van der Waals surface area (Å²) in [7, 11) is 0. The molecule has 2 aromatic carbocycles. The summed E-state index contributed by atoms with van der Waals surface area (Å²) in [6.07, 6.45) is 3.98. The molecule has 3 aromatic rings. The number of amides is 1. The van der Waals surface area contributed by atoms with Crippen LogP contribution in [0.5, 0.6) is 0 Å². The standard InChI is InChI=1S/C21H16Cl3N3O/c22-15-3-1-2-14(10-15)21-17-12-27(9-8-19(17)25-26-21)20(28)7-5-13-4-6-16(23)11-18(13)24/h1-7,10-11H,8-9,12H2,(H,25,26)/b7-5+. The van der Waals surface area contributed by atoms with Gasteiger partial charge in [0.15, 0.2) is 0 Å². The first-order valence-corrected chi connectivity index (χ1v) is 9.89. The van der Waals surface area contributed by atoms with Crippen LogP contribution in [0.25, 0.3) is 17.3 Å². The van der Waals surface area contributed by atoms with Gasteiger partial charge in [-0.2, -0.15) is 5.10 Å². The highest BCUT2D eigenvalue weighted by atomic mass is 35.5. The van der Waals surface area contributed by atoms with Crippen molar-refractivity contribution in [2.24, 2.45) is 0 Å². The number of aromatic amines is 1. The van der Waals surface area contributed by atoms with Crippen molar-refractivity contribution < 1.29 is 4.79 Å². The van der Waals surface area contributed by atoms with Gasteiger partial charge in [-0.25, -0.2) is 0 Å². The first-order chi connectivity index (χ1) is 13.5. The summed E-state index contributed by atoms with van der Waals surface area (Å²) in [6, 6.07) is 12.7. The fraction of sp³-hybridized carbons (Fsp3) is 0.143. The number of benzene rings is 2. The number of rotatable bonds is 3. The second-order valence-electron chi connectivity index (χ2n) is 6.55. The lowest BCUT2D eigenvalue weighted by Crippen LogP contribution is -2.34. The predicted molar refractivity (Wildman–Crippen MR) is 114 cm³/mol. The van der Waals surface area contributed by atoms with E-state index in [1.165, 1.54) is 0 Å². The zero-order valence-electron chi connectivity index (χ0n) is 14.8. The maximum absolute atomic E-state index is 12.7. The van der Waals surface area contributed by atoms with Crippen LogP contribution < -0.4 is 0 Å². The van der Waals surface area contributed by atoms with Gasteiger partial charge >= 0.3 is 0 Å². The van der Waals surface area contributed by atoms with Crippen LogP contribution in [0.2, 0.25) is 15.1 Å². The van der Waals surface area contributed by atoms with E-state index >= 15 is 0 Å². The second-order valence-corrected chi connectivity index (χ2v) is 7.83. The van der Waals surface area contributed by atoms with Gasteiger partial charge < -0.3 is 4.90 Å². The second kappa shape index (κ2) is 8.00. The fourth-order valence-electron chi connectivity index (χ4n) is 3.26. The maximum Gasteiger partial charge on any atom is 0.246 e. The number of aromatic nitrogens is 2. The third-order valence-corrected chi connectivity index (χ3v) is 5.51. The highest BCUT2D eigenvalue weighted by Crippen LogP contribution is 2.30. The molecular weight excluding hydrogens is 417 g/mol. The van der Waals surface area contributed by atoms with Crippen molar-refractivity contribution in [2.45, 2.75) is 13.0 Å². The van der Waals surface area contributed by atoms with Crippen molar-refractivity contribution in [1.82, 2.24) is 15.1 Å². The lowest BCUT2D eigenvalue weighted by atomic mass is 10.0. The summed E-state index contributed by atoms with van der Waals surface area (Å²) in [5.41, 5.74) is 4.60. The lowest BCUT2D eigenvalue weighted by Gasteiger charge is -2.26. The summed E-state index contributed by atoms with van der Waals surface area (Å²) in [6.45, 7) is 1.12. The van der Waals surface area contributed by atoms with Crippen LogP contribution in [0.4, 0.5) is 0 Å². The number of carbonyl (C=O) groups excluding carboxylic acids is 1. The van der Waals surface area contributed by atoms with Gasteiger partial charge in [-0.3, -0.25) is 9.89 Å². The maximum atomic E-state index is 12.7. The molecule has 1 amide bonds. The zero-order valence-corrected chi connectivity index (χ0v) is 17.0. The molecule has 0 unspecified atom stereocenters. The summed E-state index contributed by atoms with van der Waals surface area (Å²) in [4.78, 5) is 14.5. The first-order valence-electron chi connectivity index (χ1n) is 8.75. The van der Waals surface area contributed by atoms with Crippen LogP contribution in [0.3, 0.4) is 0 Å². The van der Waals surface area contributed by atoms with E-state index < -0.39 is 0 Å². The summed E-state index contributed by atoms with van der Waals surface area (Å²) >= 11 is 18.2. The number of hydrogen-bond acceptors (Lipinski definition) is 2. The van der Waals surface area contributed by atoms with E-state index in [9.17, 15) is 4.79 Å². The Hall–Kier alpha value is -2.27. The minimum atomic E-state index is -0.0742. The van der Waals surface area contributed by atoms with Crippen LogP contribution in [0.1, 0.15) is 16.8 Å². The van der Waals surface area contributed by atoms with Gasteiger partial charge in [0.05, 0.1) is 5.69 Å². The van der Waals surface area contributed by atoms with Gasteiger partial charge in [0.2, 0.25) is 5.91 Å². The molecule has 0 aliphatic carbocycles. The van der Waals surface area contributed by atoms with Gasteiger partial charge in [0.25, 0.3) is 0 Å². The fourth-order valence-corrected chi connectivity index (χ4v) is 3.92. The zero-order chi connectivity index (χ0) is 19.7. The van der Waals surface area contributed by atoms with Gasteiger partial charge in [0.1, 0.15) is 0 Å². The number of nitrogens with one attached hydrogen (secondary N) is 1. The van der Waals surface area contributed by atoms with Crippen molar-refractivity contribution in [3.8, 4) is 11.3 Å². The smallest absolute Gasteiger partial charge is 0.246 e. The highest BCUT2D eigenvalue weighted by Gasteiger charge is 2.24. The quantitative estimate of drug-likeness (QED) is 0.545. The number of H-pyrrole nitrogens is 1. The van der Waals surface area contributed by atoms with Gasteiger partial charge in [-0.05, 0) is 35.9 Å². The molecule has 0 saturated heterocycles. The molecule has 1 aliphatic heterocycles. The van der Waals surface area contributed by atoms with Crippen molar-refractivity contribution in [2.75, 3.05) is 6.54 Å². The average molecular weight is 433 g/mol. The third-order valence-electron chi connectivity index (χ3n) is 4.71. The Morgan fingerprint density at radius 1 is 1.11 bits per heavy atom. The first kappa shape index (κ1) is 19.1. The van der Waals surface area contributed by atoms with Gasteiger partial charge in [-0.1, -0.05) is 53.0 Å². The molecule has 1 N–H and O–H groups in total. The number of nitrogens with zero attached hydrogens (tertiary/aromatic N) is 2. The highest BCUT2D eigenvalue weighted by molar-refractivity contribution is 6.35. The van der Waals surface area contributed by atoms with E-state index in [-0.39, 0.29) is 5.91 Å². The number of hydrogen-bond donors (Lipinski definition) is 1. The molecule has 7 heteroatoms. The van der Waals surface area contributed by atoms with E-state index in [1.807, 2.05) is 24.3 Å². The Morgan fingerprint density at radius 3 is 2.71 bits per heavy atom. The molecule has 0 atom stereocenters. The average Bonchev–Trinajstić information content (AvgIpc) is 3.10. The molecule has 4 nitrogen and oxygen atoms in total. The Kier molecular flexibility index (Phi) is 5.44. The van der Waals surface area contributed by atoms with E-state index in [1.54, 1.807) is 35.3 Å². The van der Waals surface area contributed by atoms with Crippen molar-refractivity contribution in [3.05, 3.63) is 80.4 Å². The van der Waals surface area contributed by atoms with Crippen LogP contribution >= 0.6 is 34.8 Å². The summed E-state index contributed by atoms with van der Waals surface area (Å²) in [5.74, 6) is -0.0742. The minimum Gasteiger partial charge on any atom is -0.334 e. The normalized spacial score (nSPS) is 13.8. The minimum absolute atomic E-state index is 0.0742. The topological polar surface area (TPSA) is 49.0 Å². The van der Waals surface area contributed by atoms with Gasteiger partial charge in [0, 0.05) is 57.5 Å². The van der Waals surface area contributed by atoms with Crippen molar-refractivity contribution in [1.29, 1.82) is 0 Å². The van der Waals surface area contributed by atoms with Crippen LogP contribution in [-0.2, 0) is 17.8 Å². The molecule has 0 spiro atoms.